The van der Waals surface area contributed by atoms with Gasteiger partial charge in [0.05, 0.1) is 24.7 Å². The van der Waals surface area contributed by atoms with E-state index < -0.39 is 29.6 Å². The van der Waals surface area contributed by atoms with Crippen LogP contribution in [0.4, 0.5) is 18.9 Å². The molecule has 1 unspecified atom stereocenters. The zero-order chi connectivity index (χ0) is 24.3. The molecule has 2 aromatic rings. The number of nitrogens with one attached hydrogen (secondary N) is 1. The van der Waals surface area contributed by atoms with Gasteiger partial charge in [0.1, 0.15) is 10.4 Å². The number of rotatable bonds is 6. The smallest absolute Gasteiger partial charge is 0.416 e. The maximum atomic E-state index is 12.9. The van der Waals surface area contributed by atoms with Gasteiger partial charge in [0.25, 0.3) is 5.91 Å². The Kier molecular flexibility index (Phi) is 7.33. The third-order valence-corrected chi connectivity index (χ3v) is 6.08. The van der Waals surface area contributed by atoms with Gasteiger partial charge in [-0.3, -0.25) is 14.5 Å². The molecule has 0 bridgehead atoms. The molecule has 0 spiro atoms. The standard InChI is InChI=1S/C22H19F3N2O4S2/c1-12(19(28)26-15-6-4-5-14(11-15)22(23,24)25)27-20(29)18(33-21(27)32)10-13-7-8-16(30-2)17(9-13)31-3/h4-12H,1-3H3,(H,26,28)/b18-10-. The highest BCUT2D eigenvalue weighted by Crippen LogP contribution is 2.36. The van der Waals surface area contributed by atoms with Gasteiger partial charge < -0.3 is 14.8 Å². The molecule has 0 saturated carbocycles. The third kappa shape index (κ3) is 5.48. The lowest BCUT2D eigenvalue weighted by atomic mass is 10.1. The number of methoxy groups -OCH3 is 2. The van der Waals surface area contributed by atoms with Crippen molar-refractivity contribution in [3.63, 3.8) is 0 Å². The predicted octanol–water partition coefficient (Wildman–Crippen LogP) is 4.95. The molecule has 1 N–H and O–H groups in total. The van der Waals surface area contributed by atoms with Crippen LogP contribution in [0, 0.1) is 0 Å². The summed E-state index contributed by atoms with van der Waals surface area (Å²) in [6, 6.07) is 8.33. The minimum Gasteiger partial charge on any atom is -0.493 e. The molecule has 1 atom stereocenters. The maximum Gasteiger partial charge on any atom is 0.416 e. The number of amides is 2. The zero-order valence-electron chi connectivity index (χ0n) is 17.7. The average molecular weight is 497 g/mol. The van der Waals surface area contributed by atoms with Crippen molar-refractivity contribution in [3.8, 4) is 11.5 Å². The number of anilines is 1. The van der Waals surface area contributed by atoms with Crippen molar-refractivity contribution in [2.24, 2.45) is 0 Å². The Morgan fingerprint density at radius 1 is 1.15 bits per heavy atom. The highest BCUT2D eigenvalue weighted by molar-refractivity contribution is 8.26. The predicted molar refractivity (Wildman–Crippen MR) is 124 cm³/mol. The minimum absolute atomic E-state index is 0.0343. The summed E-state index contributed by atoms with van der Waals surface area (Å²) in [5.74, 6) is -0.137. The molecule has 1 fully saturated rings. The fourth-order valence-electron chi connectivity index (χ4n) is 3.04. The van der Waals surface area contributed by atoms with Crippen LogP contribution in [0.1, 0.15) is 18.1 Å². The van der Waals surface area contributed by atoms with Crippen molar-refractivity contribution in [1.29, 1.82) is 0 Å². The molecule has 11 heteroatoms. The molecule has 1 saturated heterocycles. The normalized spacial score (nSPS) is 16.2. The fraction of sp³-hybridized carbons (Fsp3) is 0.227. The van der Waals surface area contributed by atoms with Crippen molar-refractivity contribution in [1.82, 2.24) is 4.90 Å². The average Bonchev–Trinajstić information content (AvgIpc) is 3.05. The Morgan fingerprint density at radius 3 is 2.48 bits per heavy atom. The number of alkyl halides is 3. The number of thiocarbonyl (C=S) groups is 1. The summed E-state index contributed by atoms with van der Waals surface area (Å²) in [5, 5.41) is 2.41. The molecule has 2 aromatic carbocycles. The lowest BCUT2D eigenvalue weighted by Crippen LogP contribution is -2.44. The topological polar surface area (TPSA) is 67.9 Å². The molecule has 0 radical (unpaired) electrons. The number of carbonyl (C=O) groups excluding carboxylic acids is 2. The largest absolute Gasteiger partial charge is 0.493 e. The fourth-order valence-corrected chi connectivity index (χ4v) is 4.46. The lowest BCUT2D eigenvalue weighted by molar-refractivity contribution is -0.137. The molecule has 3 rings (SSSR count). The van der Waals surface area contributed by atoms with Crippen LogP contribution < -0.4 is 14.8 Å². The van der Waals surface area contributed by atoms with Crippen LogP contribution in [0.5, 0.6) is 11.5 Å². The third-order valence-electron chi connectivity index (χ3n) is 4.75. The van der Waals surface area contributed by atoms with Crippen LogP contribution >= 0.6 is 24.0 Å². The summed E-state index contributed by atoms with van der Waals surface area (Å²) in [5.41, 5.74) is -0.265. The number of ether oxygens (including phenoxy) is 2. The first-order valence-corrected chi connectivity index (χ1v) is 10.7. The van der Waals surface area contributed by atoms with E-state index in [9.17, 15) is 22.8 Å². The number of benzene rings is 2. The molecular weight excluding hydrogens is 477 g/mol. The van der Waals surface area contributed by atoms with Crippen molar-refractivity contribution in [2.45, 2.75) is 19.1 Å². The Hall–Kier alpha value is -3.05. The van der Waals surface area contributed by atoms with Crippen LogP contribution in [-0.2, 0) is 15.8 Å². The number of thioether (sulfide) groups is 1. The van der Waals surface area contributed by atoms with E-state index in [0.717, 1.165) is 28.8 Å². The van der Waals surface area contributed by atoms with Gasteiger partial charge in [-0.15, -0.1) is 0 Å². The maximum absolute atomic E-state index is 12.9. The monoisotopic (exact) mass is 496 g/mol. The molecule has 1 heterocycles. The van der Waals surface area contributed by atoms with E-state index >= 15 is 0 Å². The second kappa shape index (κ2) is 9.84. The minimum atomic E-state index is -4.54. The summed E-state index contributed by atoms with van der Waals surface area (Å²) in [6.45, 7) is 1.45. The number of hydrogen-bond donors (Lipinski definition) is 1. The first-order chi connectivity index (χ1) is 15.5. The van der Waals surface area contributed by atoms with Crippen molar-refractivity contribution in [2.75, 3.05) is 19.5 Å². The molecule has 1 aliphatic rings. The Morgan fingerprint density at radius 2 is 1.85 bits per heavy atom. The number of halogens is 3. The summed E-state index contributed by atoms with van der Waals surface area (Å²) in [6.07, 6.45) is -2.93. The Labute approximate surface area is 197 Å². The van der Waals surface area contributed by atoms with Gasteiger partial charge in [-0.2, -0.15) is 13.2 Å². The quantitative estimate of drug-likeness (QED) is 0.451. The van der Waals surface area contributed by atoms with Crippen LogP contribution in [0.25, 0.3) is 6.08 Å². The molecule has 2 amide bonds. The summed E-state index contributed by atoms with van der Waals surface area (Å²) < 4.78 is 49.4. The van der Waals surface area contributed by atoms with Crippen molar-refractivity contribution in [3.05, 3.63) is 58.5 Å². The second-order valence-corrected chi connectivity index (χ2v) is 8.59. The van der Waals surface area contributed by atoms with E-state index in [0.29, 0.717) is 22.0 Å². The summed E-state index contributed by atoms with van der Waals surface area (Å²) >= 11 is 6.31. The number of nitrogens with zero attached hydrogens (tertiary/aromatic N) is 1. The number of hydrogen-bond acceptors (Lipinski definition) is 6. The number of carbonyl (C=O) groups is 2. The highest BCUT2D eigenvalue weighted by atomic mass is 32.2. The SMILES string of the molecule is COc1ccc(/C=C2\SC(=S)N(C(C)C(=O)Nc3cccc(C(F)(F)F)c3)C2=O)cc1OC. The lowest BCUT2D eigenvalue weighted by Gasteiger charge is -2.22. The van der Waals surface area contributed by atoms with E-state index in [4.69, 9.17) is 21.7 Å². The molecule has 33 heavy (non-hydrogen) atoms. The molecule has 174 valence electrons. The summed E-state index contributed by atoms with van der Waals surface area (Å²) in [4.78, 5) is 27.0. The zero-order valence-corrected chi connectivity index (χ0v) is 19.4. The van der Waals surface area contributed by atoms with Crippen molar-refractivity contribution >= 4 is 51.9 Å². The Balaban J connectivity index is 1.77. The van der Waals surface area contributed by atoms with Gasteiger partial charge in [0, 0.05) is 5.69 Å². The van der Waals surface area contributed by atoms with Crippen LogP contribution in [0.2, 0.25) is 0 Å². The van der Waals surface area contributed by atoms with Gasteiger partial charge >= 0.3 is 6.18 Å². The van der Waals surface area contributed by atoms with Gasteiger partial charge in [-0.25, -0.2) is 0 Å². The first kappa shape index (κ1) is 24.6. The molecular formula is C22H19F3N2O4S2. The van der Waals surface area contributed by atoms with E-state index in [1.807, 2.05) is 0 Å². The van der Waals surface area contributed by atoms with E-state index in [1.54, 1.807) is 24.3 Å². The van der Waals surface area contributed by atoms with Gasteiger partial charge in [0.2, 0.25) is 5.91 Å². The molecule has 0 aromatic heterocycles. The van der Waals surface area contributed by atoms with Gasteiger partial charge in [-0.05, 0) is 48.9 Å². The van der Waals surface area contributed by atoms with E-state index in [-0.39, 0.29) is 10.0 Å². The van der Waals surface area contributed by atoms with Gasteiger partial charge in [0.15, 0.2) is 11.5 Å². The van der Waals surface area contributed by atoms with Crippen LogP contribution in [0.15, 0.2) is 47.4 Å². The van der Waals surface area contributed by atoms with Gasteiger partial charge in [-0.1, -0.05) is 36.1 Å². The van der Waals surface area contributed by atoms with E-state index in [1.165, 1.54) is 33.3 Å². The second-order valence-electron chi connectivity index (χ2n) is 6.91. The van der Waals surface area contributed by atoms with Crippen molar-refractivity contribution < 1.29 is 32.2 Å². The molecule has 0 aliphatic carbocycles. The van der Waals surface area contributed by atoms with Crippen LogP contribution in [-0.4, -0.2) is 41.3 Å². The first-order valence-electron chi connectivity index (χ1n) is 9.52. The van der Waals surface area contributed by atoms with Crippen LogP contribution in [0.3, 0.4) is 0 Å². The molecule has 1 aliphatic heterocycles. The Bertz CT molecular complexity index is 1130. The molecule has 6 nitrogen and oxygen atoms in total. The van der Waals surface area contributed by atoms with E-state index in [2.05, 4.69) is 5.32 Å². The highest BCUT2D eigenvalue weighted by Gasteiger charge is 2.38. The summed E-state index contributed by atoms with van der Waals surface area (Å²) in [7, 11) is 3.00.